The van der Waals surface area contributed by atoms with E-state index in [1.165, 1.54) is 5.56 Å². The minimum Gasteiger partial charge on any atom is -0.444 e. The summed E-state index contributed by atoms with van der Waals surface area (Å²) >= 11 is 6.86. The van der Waals surface area contributed by atoms with Gasteiger partial charge in [-0.1, -0.05) is 54.1 Å². The van der Waals surface area contributed by atoms with Crippen LogP contribution in [0.1, 0.15) is 53.4 Å². The highest BCUT2D eigenvalue weighted by Gasteiger charge is 2.31. The fourth-order valence-corrected chi connectivity index (χ4v) is 5.40. The predicted octanol–water partition coefficient (Wildman–Crippen LogP) is 5.97. The maximum absolute atomic E-state index is 12.7. The van der Waals surface area contributed by atoms with Gasteiger partial charge in [-0.25, -0.2) is 4.79 Å². The minimum atomic E-state index is -0.539. The number of primary amides is 1. The van der Waals surface area contributed by atoms with Gasteiger partial charge in [-0.2, -0.15) is 0 Å². The van der Waals surface area contributed by atoms with Crippen molar-refractivity contribution in [2.45, 2.75) is 45.8 Å². The van der Waals surface area contributed by atoms with E-state index in [2.05, 4.69) is 24.3 Å². The lowest BCUT2D eigenvalue weighted by Gasteiger charge is -2.32. The van der Waals surface area contributed by atoms with E-state index >= 15 is 0 Å². The average Bonchev–Trinajstić information content (AvgIpc) is 3.16. The number of nitrogens with two attached hydrogens (primary N) is 1. The molecule has 2 amide bonds. The van der Waals surface area contributed by atoms with Crippen molar-refractivity contribution >= 4 is 23.6 Å². The van der Waals surface area contributed by atoms with Crippen molar-refractivity contribution < 1.29 is 14.3 Å². The second-order valence-electron chi connectivity index (χ2n) is 9.93. The van der Waals surface area contributed by atoms with Crippen LogP contribution >= 0.6 is 11.6 Å². The summed E-state index contributed by atoms with van der Waals surface area (Å²) in [6.45, 7) is 6.66. The number of carbonyl (C=O) groups excluding carboxylic acids is 2. The van der Waals surface area contributed by atoms with E-state index in [1.54, 1.807) is 11.0 Å². The van der Waals surface area contributed by atoms with Crippen molar-refractivity contribution in [1.29, 1.82) is 0 Å². The number of hydrogen-bond donors (Lipinski definition) is 1. The molecular weight excluding hydrogens is 448 g/mol. The summed E-state index contributed by atoms with van der Waals surface area (Å²) in [5.74, 6) is -0.472. The first-order valence-electron chi connectivity index (χ1n) is 11.5. The third-order valence-electron chi connectivity index (χ3n) is 6.49. The van der Waals surface area contributed by atoms with Crippen LogP contribution in [0, 0.1) is 0 Å². The second-order valence-corrected chi connectivity index (χ2v) is 10.3. The number of benzene rings is 3. The molecule has 2 N–H and O–H groups in total. The lowest BCUT2D eigenvalue weighted by atomic mass is 9.85. The fraction of sp³-hybridized carbons (Fsp3) is 0.286. The van der Waals surface area contributed by atoms with Crippen molar-refractivity contribution in [2.24, 2.45) is 5.73 Å². The summed E-state index contributed by atoms with van der Waals surface area (Å²) in [5.41, 5.74) is 14.0. The molecule has 0 atom stereocenters. The number of amides is 2. The summed E-state index contributed by atoms with van der Waals surface area (Å²) < 4.78 is 5.58. The number of hydrogen-bond acceptors (Lipinski definition) is 3. The third kappa shape index (κ3) is 3.84. The zero-order valence-electron chi connectivity index (χ0n) is 19.6. The number of carbonyl (C=O) groups is 2. The van der Waals surface area contributed by atoms with Crippen LogP contribution < -0.4 is 5.73 Å². The van der Waals surface area contributed by atoms with Crippen LogP contribution in [0.25, 0.3) is 22.3 Å². The molecule has 0 aromatic heterocycles. The Morgan fingerprint density at radius 3 is 2.41 bits per heavy atom. The van der Waals surface area contributed by atoms with Gasteiger partial charge in [0.2, 0.25) is 5.91 Å². The van der Waals surface area contributed by atoms with E-state index in [-0.39, 0.29) is 6.09 Å². The number of halogens is 1. The summed E-state index contributed by atoms with van der Waals surface area (Å²) in [7, 11) is 0. The molecule has 6 heteroatoms. The Hall–Kier alpha value is -3.31. The van der Waals surface area contributed by atoms with E-state index < -0.39 is 11.5 Å². The van der Waals surface area contributed by atoms with Crippen molar-refractivity contribution in [2.75, 3.05) is 6.54 Å². The molecule has 174 valence electrons. The Bertz CT molecular complexity index is 1340. The molecule has 3 aromatic carbocycles. The fourth-order valence-electron chi connectivity index (χ4n) is 5.09. The lowest BCUT2D eigenvalue weighted by Crippen LogP contribution is -2.40. The summed E-state index contributed by atoms with van der Waals surface area (Å²) in [5, 5.41) is 0.507. The zero-order chi connectivity index (χ0) is 24.2. The molecule has 0 unspecified atom stereocenters. The van der Waals surface area contributed by atoms with E-state index in [9.17, 15) is 9.59 Å². The Kier molecular flexibility index (Phi) is 5.40. The van der Waals surface area contributed by atoms with Crippen LogP contribution in [0.15, 0.2) is 48.5 Å². The molecule has 5 rings (SSSR count). The molecule has 3 aromatic rings. The summed E-state index contributed by atoms with van der Waals surface area (Å²) in [6.07, 6.45) is 1.03. The molecule has 1 aliphatic carbocycles. The average molecular weight is 475 g/mol. The standard InChI is InChI=1S/C28H27ClN2O3/c1-28(2,3)34-27(33)31-12-11-18-17(15-31)8-6-10-20(18)25-23(29)14-22(26(30)32)21-13-16-7-4-5-9-19(16)24(21)25/h4-10,14H,11-13,15H2,1-3H3,(H2,30,32). The number of ether oxygens (including phenoxy) is 1. The van der Waals surface area contributed by atoms with Gasteiger partial charge in [-0.15, -0.1) is 0 Å². The van der Waals surface area contributed by atoms with Crippen LogP contribution in [0.3, 0.4) is 0 Å². The van der Waals surface area contributed by atoms with E-state index in [0.717, 1.165) is 38.9 Å². The van der Waals surface area contributed by atoms with E-state index in [0.29, 0.717) is 36.5 Å². The van der Waals surface area contributed by atoms with Gasteiger partial charge in [0.15, 0.2) is 0 Å². The summed E-state index contributed by atoms with van der Waals surface area (Å²) in [4.78, 5) is 26.7. The van der Waals surface area contributed by atoms with Gasteiger partial charge in [0.05, 0.1) is 0 Å². The molecule has 0 bridgehead atoms. The van der Waals surface area contributed by atoms with Crippen LogP contribution in [0.4, 0.5) is 4.79 Å². The van der Waals surface area contributed by atoms with Crippen LogP contribution in [-0.4, -0.2) is 29.0 Å². The highest BCUT2D eigenvalue weighted by atomic mass is 35.5. The third-order valence-corrected chi connectivity index (χ3v) is 6.79. The maximum atomic E-state index is 12.7. The van der Waals surface area contributed by atoms with E-state index in [1.807, 2.05) is 39.0 Å². The highest BCUT2D eigenvalue weighted by molar-refractivity contribution is 6.35. The van der Waals surface area contributed by atoms with Crippen molar-refractivity contribution in [3.8, 4) is 22.3 Å². The molecule has 1 heterocycles. The zero-order valence-corrected chi connectivity index (χ0v) is 20.3. The molecule has 0 fully saturated rings. The van der Waals surface area contributed by atoms with Crippen molar-refractivity contribution in [3.05, 3.63) is 81.4 Å². The van der Waals surface area contributed by atoms with Crippen molar-refractivity contribution in [3.63, 3.8) is 0 Å². The second kappa shape index (κ2) is 8.17. The van der Waals surface area contributed by atoms with Gasteiger partial charge >= 0.3 is 6.09 Å². The van der Waals surface area contributed by atoms with Gasteiger partial charge < -0.3 is 15.4 Å². The molecule has 1 aliphatic heterocycles. The van der Waals surface area contributed by atoms with E-state index in [4.69, 9.17) is 22.1 Å². The van der Waals surface area contributed by atoms with Gasteiger partial charge in [-0.05, 0) is 78.6 Å². The SMILES string of the molecule is CC(C)(C)OC(=O)N1CCc2c(cccc2-c2c(Cl)cc(C(N)=O)c3c2-c2ccccc2C3)C1. The molecule has 0 radical (unpaired) electrons. The molecular formula is C28H27ClN2O3. The lowest BCUT2D eigenvalue weighted by molar-refractivity contribution is 0.0224. The van der Waals surface area contributed by atoms with Crippen molar-refractivity contribution in [1.82, 2.24) is 4.90 Å². The van der Waals surface area contributed by atoms with Gasteiger partial charge in [0, 0.05) is 29.2 Å². The smallest absolute Gasteiger partial charge is 0.410 e. The maximum Gasteiger partial charge on any atom is 0.410 e. The molecule has 2 aliphatic rings. The first-order valence-corrected chi connectivity index (χ1v) is 11.8. The topological polar surface area (TPSA) is 72.6 Å². The highest BCUT2D eigenvalue weighted by Crippen LogP contribution is 2.49. The Labute approximate surface area is 204 Å². The Morgan fingerprint density at radius 1 is 0.971 bits per heavy atom. The molecule has 5 nitrogen and oxygen atoms in total. The van der Waals surface area contributed by atoms with Gasteiger partial charge in [0.25, 0.3) is 0 Å². The molecule has 0 saturated carbocycles. The van der Waals surface area contributed by atoms with Crippen LogP contribution in [0.2, 0.25) is 5.02 Å². The first-order chi connectivity index (χ1) is 16.1. The monoisotopic (exact) mass is 474 g/mol. The predicted molar refractivity (Wildman–Crippen MR) is 134 cm³/mol. The summed E-state index contributed by atoms with van der Waals surface area (Å²) in [6, 6.07) is 16.0. The van der Waals surface area contributed by atoms with Gasteiger partial charge in [-0.3, -0.25) is 4.79 Å². The number of nitrogens with zero attached hydrogens (tertiary/aromatic N) is 1. The van der Waals surface area contributed by atoms with Gasteiger partial charge in [0.1, 0.15) is 5.60 Å². The van der Waals surface area contributed by atoms with Crippen LogP contribution in [-0.2, 0) is 24.1 Å². The number of rotatable bonds is 2. The number of fused-ring (bicyclic) bond motifs is 4. The quantitative estimate of drug-likeness (QED) is 0.389. The molecule has 0 spiro atoms. The molecule has 34 heavy (non-hydrogen) atoms. The molecule has 0 saturated heterocycles. The normalized spacial score (nSPS) is 14.3. The van der Waals surface area contributed by atoms with Crippen LogP contribution in [0.5, 0.6) is 0 Å². The first kappa shape index (κ1) is 22.5. The Balaban J connectivity index is 1.63. The largest absolute Gasteiger partial charge is 0.444 e. The minimum absolute atomic E-state index is 0.304. The Morgan fingerprint density at radius 2 is 1.68 bits per heavy atom.